The van der Waals surface area contributed by atoms with Crippen LogP contribution in [0.4, 0.5) is 11.5 Å². The van der Waals surface area contributed by atoms with Crippen LogP contribution in [0.5, 0.6) is 5.75 Å². The van der Waals surface area contributed by atoms with Gasteiger partial charge in [0.15, 0.2) is 6.23 Å². The number of terminal acetylenes is 1. The SMILES string of the molecule is C#Cc1ccc(NC(O)c2cc(OC)ccc2NC(=O)c2ccc(C(=N)N(C)C)cc2)nc1. The summed E-state index contributed by atoms with van der Waals surface area (Å²) in [5.41, 5.74) is 2.55. The van der Waals surface area contributed by atoms with Crippen molar-refractivity contribution < 1.29 is 14.6 Å². The van der Waals surface area contributed by atoms with Gasteiger partial charge in [0.2, 0.25) is 0 Å². The number of pyridine rings is 1. The summed E-state index contributed by atoms with van der Waals surface area (Å²) >= 11 is 0. The van der Waals surface area contributed by atoms with Crippen LogP contribution in [0.3, 0.4) is 0 Å². The number of aliphatic hydroxyl groups excluding tert-OH is 1. The molecule has 1 atom stereocenters. The first-order valence-electron chi connectivity index (χ1n) is 10.0. The number of nitrogens with one attached hydrogen (secondary N) is 3. The molecule has 0 bridgehead atoms. The summed E-state index contributed by atoms with van der Waals surface area (Å²) in [6.45, 7) is 0. The molecule has 0 spiro atoms. The van der Waals surface area contributed by atoms with Gasteiger partial charge in [-0.2, -0.15) is 0 Å². The highest BCUT2D eigenvalue weighted by atomic mass is 16.5. The first-order valence-corrected chi connectivity index (χ1v) is 10.0. The summed E-state index contributed by atoms with van der Waals surface area (Å²) < 4.78 is 5.27. The zero-order valence-electron chi connectivity index (χ0n) is 18.6. The Morgan fingerprint density at radius 2 is 1.85 bits per heavy atom. The molecule has 0 radical (unpaired) electrons. The minimum absolute atomic E-state index is 0.345. The quantitative estimate of drug-likeness (QED) is 0.193. The summed E-state index contributed by atoms with van der Waals surface area (Å²) in [4.78, 5) is 18.7. The van der Waals surface area contributed by atoms with E-state index in [1.807, 2.05) is 0 Å². The molecule has 1 aromatic heterocycles. The van der Waals surface area contributed by atoms with Gasteiger partial charge in [0.05, 0.1) is 7.11 Å². The van der Waals surface area contributed by atoms with Crippen LogP contribution in [0, 0.1) is 17.8 Å². The largest absolute Gasteiger partial charge is 0.497 e. The molecule has 2 aromatic carbocycles. The molecule has 1 heterocycles. The molecule has 1 unspecified atom stereocenters. The van der Waals surface area contributed by atoms with Gasteiger partial charge in [-0.3, -0.25) is 10.2 Å². The molecular formula is C25H25N5O3. The van der Waals surface area contributed by atoms with Gasteiger partial charge in [0.1, 0.15) is 17.4 Å². The minimum Gasteiger partial charge on any atom is -0.497 e. The highest BCUT2D eigenvalue weighted by Gasteiger charge is 2.17. The average Bonchev–Trinajstić information content (AvgIpc) is 2.84. The van der Waals surface area contributed by atoms with E-state index in [0.29, 0.717) is 45.3 Å². The van der Waals surface area contributed by atoms with Crippen LogP contribution in [0.25, 0.3) is 0 Å². The number of amidine groups is 1. The third-order valence-corrected chi connectivity index (χ3v) is 4.88. The Balaban J connectivity index is 1.81. The average molecular weight is 444 g/mol. The normalized spacial score (nSPS) is 11.1. The smallest absolute Gasteiger partial charge is 0.255 e. The molecule has 0 saturated carbocycles. The maximum Gasteiger partial charge on any atom is 0.255 e. The van der Waals surface area contributed by atoms with Crippen LogP contribution >= 0.6 is 0 Å². The number of aliphatic hydroxyl groups is 1. The second-order valence-corrected chi connectivity index (χ2v) is 7.35. The monoisotopic (exact) mass is 443 g/mol. The molecule has 8 nitrogen and oxygen atoms in total. The van der Waals surface area contributed by atoms with E-state index in [9.17, 15) is 9.90 Å². The lowest BCUT2D eigenvalue weighted by Gasteiger charge is -2.19. The number of methoxy groups -OCH3 is 1. The molecule has 33 heavy (non-hydrogen) atoms. The summed E-state index contributed by atoms with van der Waals surface area (Å²) in [6.07, 6.45) is 5.69. The van der Waals surface area contributed by atoms with E-state index in [1.54, 1.807) is 73.6 Å². The number of anilines is 2. The van der Waals surface area contributed by atoms with Crippen LogP contribution in [0.15, 0.2) is 60.8 Å². The molecule has 0 aliphatic carbocycles. The first-order chi connectivity index (χ1) is 15.8. The zero-order chi connectivity index (χ0) is 24.0. The first kappa shape index (κ1) is 23.3. The fourth-order valence-electron chi connectivity index (χ4n) is 3.02. The number of hydrogen-bond acceptors (Lipinski definition) is 6. The van der Waals surface area contributed by atoms with Gasteiger partial charge in [-0.05, 0) is 42.5 Å². The number of benzene rings is 2. The highest BCUT2D eigenvalue weighted by molar-refractivity contribution is 6.05. The number of rotatable bonds is 7. The number of carbonyl (C=O) groups is 1. The second kappa shape index (κ2) is 10.3. The fourth-order valence-corrected chi connectivity index (χ4v) is 3.02. The van der Waals surface area contributed by atoms with Crippen molar-refractivity contribution in [3.8, 4) is 18.1 Å². The van der Waals surface area contributed by atoms with Crippen LogP contribution in [0.2, 0.25) is 0 Å². The lowest BCUT2D eigenvalue weighted by atomic mass is 10.1. The van der Waals surface area contributed by atoms with E-state index in [0.717, 1.165) is 0 Å². The minimum atomic E-state index is -1.18. The molecule has 4 N–H and O–H groups in total. The predicted molar refractivity (Wildman–Crippen MR) is 129 cm³/mol. The zero-order valence-corrected chi connectivity index (χ0v) is 18.6. The number of amides is 1. The Bertz CT molecular complexity index is 1180. The van der Waals surface area contributed by atoms with Crippen molar-refractivity contribution >= 4 is 23.2 Å². The van der Waals surface area contributed by atoms with Crippen molar-refractivity contribution in [3.05, 3.63) is 83.0 Å². The standard InChI is InChI=1S/C25H25N5O3/c1-5-16-6-13-22(27-15-16)29-25(32)20-14-19(33-4)11-12-21(20)28-24(31)18-9-7-17(8-10-18)23(26)30(2)3/h1,6-15,25-26,32H,2-4H3,(H,27,29)(H,28,31). The Morgan fingerprint density at radius 1 is 1.15 bits per heavy atom. The number of hydrogen-bond donors (Lipinski definition) is 4. The molecule has 3 aromatic rings. The Kier molecular flexibility index (Phi) is 7.28. The summed E-state index contributed by atoms with van der Waals surface area (Å²) in [7, 11) is 5.09. The van der Waals surface area contributed by atoms with E-state index in [1.165, 1.54) is 13.3 Å². The van der Waals surface area contributed by atoms with Gasteiger partial charge in [-0.15, -0.1) is 6.42 Å². The highest BCUT2D eigenvalue weighted by Crippen LogP contribution is 2.29. The Labute approximate surface area is 192 Å². The molecule has 0 aliphatic rings. The third-order valence-electron chi connectivity index (χ3n) is 4.88. The van der Waals surface area contributed by atoms with Gasteiger partial charge in [0, 0.05) is 48.2 Å². The van der Waals surface area contributed by atoms with Crippen LogP contribution in [0.1, 0.15) is 33.3 Å². The summed E-state index contributed by atoms with van der Waals surface area (Å²) in [5.74, 6) is 3.41. The molecule has 0 aliphatic heterocycles. The van der Waals surface area contributed by atoms with Crippen molar-refractivity contribution in [1.29, 1.82) is 5.41 Å². The lowest BCUT2D eigenvalue weighted by Crippen LogP contribution is -2.22. The van der Waals surface area contributed by atoms with Crippen molar-refractivity contribution in [2.24, 2.45) is 0 Å². The molecule has 1 amide bonds. The van der Waals surface area contributed by atoms with E-state index >= 15 is 0 Å². The fraction of sp³-hybridized carbons (Fsp3) is 0.160. The molecule has 3 rings (SSSR count). The molecule has 0 saturated heterocycles. The van der Waals surface area contributed by atoms with Crippen molar-refractivity contribution in [2.75, 3.05) is 31.8 Å². The van der Waals surface area contributed by atoms with Gasteiger partial charge in [-0.1, -0.05) is 18.1 Å². The van der Waals surface area contributed by atoms with E-state index in [-0.39, 0.29) is 5.91 Å². The Morgan fingerprint density at radius 3 is 2.42 bits per heavy atom. The van der Waals surface area contributed by atoms with E-state index < -0.39 is 6.23 Å². The van der Waals surface area contributed by atoms with E-state index in [2.05, 4.69) is 21.5 Å². The molecule has 0 fully saturated rings. The van der Waals surface area contributed by atoms with Crippen LogP contribution in [-0.4, -0.2) is 47.9 Å². The topological polar surface area (TPSA) is 111 Å². The van der Waals surface area contributed by atoms with Crippen molar-refractivity contribution in [1.82, 2.24) is 9.88 Å². The van der Waals surface area contributed by atoms with Gasteiger partial charge in [-0.25, -0.2) is 4.98 Å². The van der Waals surface area contributed by atoms with Crippen LogP contribution in [-0.2, 0) is 0 Å². The van der Waals surface area contributed by atoms with Crippen molar-refractivity contribution in [2.45, 2.75) is 6.23 Å². The maximum atomic E-state index is 12.8. The maximum absolute atomic E-state index is 12.8. The molecule has 168 valence electrons. The van der Waals surface area contributed by atoms with Gasteiger partial charge in [0.25, 0.3) is 5.91 Å². The molecular weight excluding hydrogens is 418 g/mol. The van der Waals surface area contributed by atoms with Crippen molar-refractivity contribution in [3.63, 3.8) is 0 Å². The summed E-state index contributed by atoms with van der Waals surface area (Å²) in [6, 6.07) is 15.1. The number of ether oxygens (including phenoxy) is 1. The van der Waals surface area contributed by atoms with E-state index in [4.69, 9.17) is 16.6 Å². The van der Waals surface area contributed by atoms with Crippen LogP contribution < -0.4 is 15.4 Å². The third kappa shape index (κ3) is 5.67. The second-order valence-electron chi connectivity index (χ2n) is 7.35. The lowest BCUT2D eigenvalue weighted by molar-refractivity contribution is 0.102. The van der Waals surface area contributed by atoms with Gasteiger partial charge >= 0.3 is 0 Å². The van der Waals surface area contributed by atoms with Gasteiger partial charge < -0.3 is 25.4 Å². The number of nitrogens with zero attached hydrogens (tertiary/aromatic N) is 2. The number of aromatic nitrogens is 1. The predicted octanol–water partition coefficient (Wildman–Crippen LogP) is 3.31. The summed E-state index contributed by atoms with van der Waals surface area (Å²) in [5, 5.41) is 24.6. The Hall–Kier alpha value is -4.35. The molecule has 8 heteroatoms. The number of carbonyl (C=O) groups excluding carboxylic acids is 1.